The van der Waals surface area contributed by atoms with Crippen LogP contribution in [0.15, 0.2) is 65.2 Å². The third kappa shape index (κ3) is 2.27. The predicted octanol–water partition coefficient (Wildman–Crippen LogP) is 6.48. The molecule has 0 aromatic heterocycles. The molecule has 0 spiro atoms. The van der Waals surface area contributed by atoms with E-state index in [-0.39, 0.29) is 5.82 Å². The second-order valence-electron chi connectivity index (χ2n) is 8.38. The molecule has 4 aliphatic rings. The SMILES string of the molecule is Fc1cc2c3c(c1)[C@@H]1C=CC[C@@H]1CN3[C@@H](c1ccc(Br)cc1)[C@@H]1CC=C[C@H]21. The molecule has 136 valence electrons. The summed E-state index contributed by atoms with van der Waals surface area (Å²) in [7, 11) is 0. The highest BCUT2D eigenvalue weighted by atomic mass is 79.9. The Morgan fingerprint density at radius 1 is 0.926 bits per heavy atom. The van der Waals surface area contributed by atoms with Gasteiger partial charge in [0.05, 0.1) is 6.04 Å². The summed E-state index contributed by atoms with van der Waals surface area (Å²) in [5.41, 5.74) is 5.10. The molecule has 5 atom stereocenters. The molecule has 3 heteroatoms. The first kappa shape index (κ1) is 16.1. The van der Waals surface area contributed by atoms with E-state index in [0.717, 1.165) is 23.9 Å². The Kier molecular flexibility index (Phi) is 3.47. The molecule has 27 heavy (non-hydrogen) atoms. The van der Waals surface area contributed by atoms with E-state index >= 15 is 0 Å². The van der Waals surface area contributed by atoms with Crippen LogP contribution in [0.1, 0.15) is 47.4 Å². The van der Waals surface area contributed by atoms with Crippen molar-refractivity contribution in [1.29, 1.82) is 0 Å². The molecule has 6 rings (SSSR count). The average molecular weight is 422 g/mol. The second kappa shape index (κ2) is 5.81. The summed E-state index contributed by atoms with van der Waals surface area (Å²) in [6.07, 6.45) is 11.4. The summed E-state index contributed by atoms with van der Waals surface area (Å²) >= 11 is 3.58. The fraction of sp³-hybridized carbons (Fsp3) is 0.333. The number of hydrogen-bond acceptors (Lipinski definition) is 1. The Balaban J connectivity index is 1.59. The van der Waals surface area contributed by atoms with Gasteiger partial charge in [-0.1, -0.05) is 52.4 Å². The normalized spacial score (nSPS) is 32.4. The van der Waals surface area contributed by atoms with Gasteiger partial charge in [0.2, 0.25) is 0 Å². The van der Waals surface area contributed by atoms with E-state index in [4.69, 9.17) is 0 Å². The maximum atomic E-state index is 14.6. The maximum Gasteiger partial charge on any atom is 0.123 e. The van der Waals surface area contributed by atoms with Crippen molar-refractivity contribution in [3.05, 3.63) is 87.7 Å². The summed E-state index contributed by atoms with van der Waals surface area (Å²) in [6, 6.07) is 12.8. The molecule has 0 unspecified atom stereocenters. The van der Waals surface area contributed by atoms with Gasteiger partial charge in [0, 0.05) is 28.5 Å². The summed E-state index contributed by atoms with van der Waals surface area (Å²) in [4.78, 5) is 2.62. The van der Waals surface area contributed by atoms with Crippen molar-refractivity contribution < 1.29 is 4.39 Å². The number of allylic oxidation sites excluding steroid dienone is 4. The predicted molar refractivity (Wildman–Crippen MR) is 111 cm³/mol. The smallest absolute Gasteiger partial charge is 0.123 e. The highest BCUT2D eigenvalue weighted by Gasteiger charge is 2.47. The zero-order valence-corrected chi connectivity index (χ0v) is 16.6. The van der Waals surface area contributed by atoms with E-state index in [9.17, 15) is 4.39 Å². The molecule has 0 saturated carbocycles. The molecular weight excluding hydrogens is 401 g/mol. The van der Waals surface area contributed by atoms with Gasteiger partial charge in [-0.3, -0.25) is 0 Å². The standard InChI is InChI=1S/C24H21BrFN/c25-16-9-7-14(8-10-16)23-20-6-2-5-19(20)22-12-17(26)11-21-18-4-1-3-15(18)13-27(23)24(21)22/h1-2,4-5,7-12,15,18-20,23H,3,6,13H2/t15-,18-,19+,20-,23+/m1/s1. The molecule has 0 amide bonds. The third-order valence-corrected chi connectivity index (χ3v) is 7.55. The number of fused-ring (bicyclic) bond motifs is 4. The molecule has 2 aromatic rings. The van der Waals surface area contributed by atoms with Crippen LogP contribution >= 0.6 is 15.9 Å². The largest absolute Gasteiger partial charge is 0.363 e. The van der Waals surface area contributed by atoms with Gasteiger partial charge in [-0.25, -0.2) is 4.39 Å². The third-order valence-electron chi connectivity index (χ3n) is 7.03. The first-order valence-corrected chi connectivity index (χ1v) is 10.7. The molecule has 0 N–H and O–H groups in total. The molecule has 2 aliphatic heterocycles. The highest BCUT2D eigenvalue weighted by molar-refractivity contribution is 9.10. The van der Waals surface area contributed by atoms with Crippen LogP contribution in [0.3, 0.4) is 0 Å². The fourth-order valence-corrected chi connectivity index (χ4v) is 6.24. The van der Waals surface area contributed by atoms with Crippen LogP contribution in [0.2, 0.25) is 0 Å². The van der Waals surface area contributed by atoms with Gasteiger partial charge in [-0.15, -0.1) is 0 Å². The Bertz CT molecular complexity index is 959. The van der Waals surface area contributed by atoms with Crippen LogP contribution in [-0.4, -0.2) is 6.54 Å². The van der Waals surface area contributed by atoms with Crippen LogP contribution < -0.4 is 4.90 Å². The molecule has 0 saturated heterocycles. The van der Waals surface area contributed by atoms with Gasteiger partial charge in [0.15, 0.2) is 0 Å². The van der Waals surface area contributed by atoms with Crippen molar-refractivity contribution in [3.8, 4) is 0 Å². The summed E-state index contributed by atoms with van der Waals surface area (Å²) < 4.78 is 15.7. The fourth-order valence-electron chi connectivity index (χ4n) is 5.98. The minimum absolute atomic E-state index is 0.0780. The van der Waals surface area contributed by atoms with E-state index in [2.05, 4.69) is 69.4 Å². The van der Waals surface area contributed by atoms with E-state index < -0.39 is 0 Å². The van der Waals surface area contributed by atoms with Gasteiger partial charge < -0.3 is 4.90 Å². The molecule has 0 fully saturated rings. The summed E-state index contributed by atoms with van der Waals surface area (Å²) in [5, 5.41) is 0. The summed E-state index contributed by atoms with van der Waals surface area (Å²) in [6.45, 7) is 1.06. The lowest BCUT2D eigenvalue weighted by Gasteiger charge is -2.51. The molecule has 2 aromatic carbocycles. The maximum absolute atomic E-state index is 14.6. The minimum atomic E-state index is -0.0780. The molecule has 2 heterocycles. The van der Waals surface area contributed by atoms with Crippen LogP contribution in [0, 0.1) is 17.7 Å². The van der Waals surface area contributed by atoms with Crippen LogP contribution in [0.25, 0.3) is 0 Å². The van der Waals surface area contributed by atoms with E-state index in [1.54, 1.807) is 12.1 Å². The van der Waals surface area contributed by atoms with E-state index in [0.29, 0.717) is 29.7 Å². The zero-order valence-electron chi connectivity index (χ0n) is 15.0. The molecule has 2 aliphatic carbocycles. The quantitative estimate of drug-likeness (QED) is 0.476. The average Bonchev–Trinajstić information content (AvgIpc) is 3.32. The lowest BCUT2D eigenvalue weighted by atomic mass is 9.70. The van der Waals surface area contributed by atoms with Crippen molar-refractivity contribution in [2.24, 2.45) is 11.8 Å². The number of anilines is 1. The Labute approximate surface area is 167 Å². The number of nitrogens with zero attached hydrogens (tertiary/aromatic N) is 1. The van der Waals surface area contributed by atoms with Gasteiger partial charge >= 0.3 is 0 Å². The molecular formula is C24H21BrFN. The van der Waals surface area contributed by atoms with Crippen LogP contribution in [-0.2, 0) is 0 Å². The number of benzene rings is 2. The molecule has 1 nitrogen and oxygen atoms in total. The van der Waals surface area contributed by atoms with Crippen molar-refractivity contribution in [1.82, 2.24) is 0 Å². The van der Waals surface area contributed by atoms with Crippen molar-refractivity contribution in [2.75, 3.05) is 11.4 Å². The molecule has 0 bridgehead atoms. The number of hydrogen-bond donors (Lipinski definition) is 0. The van der Waals surface area contributed by atoms with Crippen LogP contribution in [0.4, 0.5) is 10.1 Å². The first-order chi connectivity index (χ1) is 13.2. The van der Waals surface area contributed by atoms with Crippen LogP contribution in [0.5, 0.6) is 0 Å². The minimum Gasteiger partial charge on any atom is -0.363 e. The topological polar surface area (TPSA) is 3.24 Å². The Hall–Kier alpha value is -1.87. The van der Waals surface area contributed by atoms with Gasteiger partial charge in [0.1, 0.15) is 5.82 Å². The van der Waals surface area contributed by atoms with Gasteiger partial charge in [-0.05, 0) is 65.6 Å². The first-order valence-electron chi connectivity index (χ1n) is 9.89. The highest BCUT2D eigenvalue weighted by Crippen LogP contribution is 2.58. The van der Waals surface area contributed by atoms with E-state index in [1.165, 1.54) is 22.4 Å². The molecule has 0 radical (unpaired) electrons. The van der Waals surface area contributed by atoms with Gasteiger partial charge in [-0.2, -0.15) is 0 Å². The van der Waals surface area contributed by atoms with E-state index in [1.807, 2.05) is 0 Å². The van der Waals surface area contributed by atoms with Crippen molar-refractivity contribution in [3.63, 3.8) is 0 Å². The Morgan fingerprint density at radius 2 is 1.63 bits per heavy atom. The monoisotopic (exact) mass is 421 g/mol. The lowest BCUT2D eigenvalue weighted by Crippen LogP contribution is -2.46. The van der Waals surface area contributed by atoms with Gasteiger partial charge in [0.25, 0.3) is 0 Å². The van der Waals surface area contributed by atoms with Crippen molar-refractivity contribution in [2.45, 2.75) is 30.7 Å². The lowest BCUT2D eigenvalue weighted by molar-refractivity contribution is 0.333. The zero-order chi connectivity index (χ0) is 18.1. The number of halogens is 2. The van der Waals surface area contributed by atoms with Crippen molar-refractivity contribution >= 4 is 21.6 Å². The Morgan fingerprint density at radius 3 is 2.44 bits per heavy atom. The number of rotatable bonds is 1. The second-order valence-corrected chi connectivity index (χ2v) is 9.30. The summed E-state index contributed by atoms with van der Waals surface area (Å²) in [5.74, 6) is 1.67.